The van der Waals surface area contributed by atoms with E-state index in [4.69, 9.17) is 13.9 Å². The Bertz CT molecular complexity index is 845. The van der Waals surface area contributed by atoms with E-state index in [0.717, 1.165) is 38.9 Å². The lowest BCUT2D eigenvalue weighted by molar-refractivity contribution is 0.0592. The maximum Gasteiger partial charge on any atom is 0.255 e. The number of rotatable bonds is 5. The number of aromatic nitrogens is 3. The predicted octanol–water partition coefficient (Wildman–Crippen LogP) is 1.92. The molecule has 0 aromatic carbocycles. The summed E-state index contributed by atoms with van der Waals surface area (Å²) in [6.07, 6.45) is 4.47. The lowest BCUT2D eigenvalue weighted by atomic mass is 9.76. The number of amides is 1. The van der Waals surface area contributed by atoms with Gasteiger partial charge in [-0.2, -0.15) is 0 Å². The maximum absolute atomic E-state index is 12.8. The fourth-order valence-electron chi connectivity index (χ4n) is 4.49. The van der Waals surface area contributed by atoms with Crippen molar-refractivity contribution in [2.75, 3.05) is 40.9 Å². The van der Waals surface area contributed by atoms with Crippen LogP contribution in [0.5, 0.6) is 5.88 Å². The lowest BCUT2D eigenvalue weighted by Gasteiger charge is -2.39. The van der Waals surface area contributed by atoms with Crippen LogP contribution >= 0.6 is 0 Å². The number of likely N-dealkylation sites (tertiary alicyclic amines) is 2. The number of pyridine rings is 1. The number of nitrogens with zero attached hydrogens (tertiary/aromatic N) is 5. The van der Waals surface area contributed by atoms with Crippen LogP contribution in [-0.4, -0.2) is 71.8 Å². The van der Waals surface area contributed by atoms with Crippen molar-refractivity contribution in [3.8, 4) is 5.88 Å². The number of carbonyl (C=O) groups is 1. The van der Waals surface area contributed by atoms with Gasteiger partial charge in [-0.3, -0.25) is 9.69 Å². The summed E-state index contributed by atoms with van der Waals surface area (Å²) in [5.41, 5.74) is 0.768. The molecule has 1 unspecified atom stereocenters. The van der Waals surface area contributed by atoms with Crippen LogP contribution in [0.1, 0.15) is 47.4 Å². The Kier molecular flexibility index (Phi) is 5.51. The molecule has 156 valence electrons. The molecule has 0 bridgehead atoms. The Balaban J connectivity index is 1.38. The van der Waals surface area contributed by atoms with E-state index in [1.165, 1.54) is 0 Å². The molecule has 9 heteroatoms. The maximum atomic E-state index is 12.8. The third kappa shape index (κ3) is 3.97. The molecule has 0 aliphatic carbocycles. The van der Waals surface area contributed by atoms with Gasteiger partial charge in [-0.1, -0.05) is 0 Å². The molecule has 2 fully saturated rings. The van der Waals surface area contributed by atoms with Crippen LogP contribution in [0.3, 0.4) is 0 Å². The van der Waals surface area contributed by atoms with Crippen molar-refractivity contribution in [3.05, 3.63) is 35.7 Å². The van der Waals surface area contributed by atoms with Crippen molar-refractivity contribution in [2.24, 2.45) is 5.41 Å². The highest BCUT2D eigenvalue weighted by molar-refractivity contribution is 5.94. The SMILES string of the molecule is COCc1nnc(C2CC3(CCN(C(=O)c4ccc(OC)nc4)CC3)CN2C)o1. The Morgan fingerprint density at radius 2 is 2.07 bits per heavy atom. The van der Waals surface area contributed by atoms with E-state index in [-0.39, 0.29) is 17.4 Å². The van der Waals surface area contributed by atoms with Gasteiger partial charge in [0.1, 0.15) is 6.61 Å². The third-order valence-corrected chi connectivity index (χ3v) is 6.08. The Labute approximate surface area is 170 Å². The first kappa shape index (κ1) is 19.8. The van der Waals surface area contributed by atoms with E-state index in [2.05, 4.69) is 27.1 Å². The van der Waals surface area contributed by atoms with Crippen LogP contribution in [0.15, 0.2) is 22.7 Å². The van der Waals surface area contributed by atoms with Gasteiger partial charge in [-0.15, -0.1) is 10.2 Å². The molecule has 1 spiro atoms. The molecular formula is C20H27N5O4. The van der Waals surface area contributed by atoms with Crippen LogP contribution in [-0.2, 0) is 11.3 Å². The quantitative estimate of drug-likeness (QED) is 0.750. The van der Waals surface area contributed by atoms with Crippen molar-refractivity contribution in [3.63, 3.8) is 0 Å². The first-order valence-corrected chi connectivity index (χ1v) is 9.84. The molecule has 0 radical (unpaired) electrons. The number of hydrogen-bond acceptors (Lipinski definition) is 8. The Morgan fingerprint density at radius 1 is 1.28 bits per heavy atom. The van der Waals surface area contributed by atoms with Crippen LogP contribution in [0.4, 0.5) is 0 Å². The molecule has 2 aromatic rings. The molecule has 1 atom stereocenters. The first-order valence-electron chi connectivity index (χ1n) is 9.84. The van der Waals surface area contributed by atoms with E-state index >= 15 is 0 Å². The zero-order valence-electron chi connectivity index (χ0n) is 17.1. The summed E-state index contributed by atoms with van der Waals surface area (Å²) < 4.78 is 15.9. The fourth-order valence-corrected chi connectivity index (χ4v) is 4.49. The highest BCUT2D eigenvalue weighted by Crippen LogP contribution is 2.48. The van der Waals surface area contributed by atoms with Crippen LogP contribution in [0.25, 0.3) is 0 Å². The summed E-state index contributed by atoms with van der Waals surface area (Å²) in [5.74, 6) is 1.69. The molecule has 4 heterocycles. The number of ether oxygens (including phenoxy) is 2. The summed E-state index contributed by atoms with van der Waals surface area (Å²) in [7, 11) is 5.27. The average molecular weight is 401 g/mol. The number of methoxy groups -OCH3 is 2. The topological polar surface area (TPSA) is 93.8 Å². The number of carbonyl (C=O) groups excluding carboxylic acids is 1. The molecule has 9 nitrogen and oxygen atoms in total. The average Bonchev–Trinajstić information content (AvgIpc) is 3.33. The zero-order valence-corrected chi connectivity index (χ0v) is 17.1. The van der Waals surface area contributed by atoms with E-state index in [1.807, 2.05) is 4.90 Å². The summed E-state index contributed by atoms with van der Waals surface area (Å²) in [5, 5.41) is 8.29. The normalized spacial score (nSPS) is 21.6. The monoisotopic (exact) mass is 401 g/mol. The van der Waals surface area contributed by atoms with Crippen LogP contribution < -0.4 is 4.74 Å². The van der Waals surface area contributed by atoms with Gasteiger partial charge in [0.2, 0.25) is 17.7 Å². The molecule has 2 aliphatic heterocycles. The van der Waals surface area contributed by atoms with E-state index < -0.39 is 0 Å². The summed E-state index contributed by atoms with van der Waals surface area (Å²) in [6, 6.07) is 3.60. The molecule has 2 aliphatic rings. The zero-order chi connectivity index (χ0) is 20.4. The summed E-state index contributed by atoms with van der Waals surface area (Å²) in [4.78, 5) is 21.2. The van der Waals surface area contributed by atoms with Crippen LogP contribution in [0.2, 0.25) is 0 Å². The minimum atomic E-state index is 0.0269. The third-order valence-electron chi connectivity index (χ3n) is 6.08. The second-order valence-electron chi connectivity index (χ2n) is 7.98. The van der Waals surface area contributed by atoms with Gasteiger partial charge in [-0.05, 0) is 37.8 Å². The molecular weight excluding hydrogens is 374 g/mol. The van der Waals surface area contributed by atoms with Crippen molar-refractivity contribution in [1.29, 1.82) is 0 Å². The molecule has 0 saturated carbocycles. The molecule has 29 heavy (non-hydrogen) atoms. The molecule has 1 amide bonds. The van der Waals surface area contributed by atoms with Crippen molar-refractivity contribution in [2.45, 2.75) is 31.9 Å². The Hall–Kier alpha value is -2.52. The lowest BCUT2D eigenvalue weighted by Crippen LogP contribution is -2.44. The van der Waals surface area contributed by atoms with Crippen LogP contribution in [0, 0.1) is 5.41 Å². The second-order valence-corrected chi connectivity index (χ2v) is 7.98. The Morgan fingerprint density at radius 3 is 2.72 bits per heavy atom. The van der Waals surface area contributed by atoms with Crippen molar-refractivity contribution < 1.29 is 18.7 Å². The number of hydrogen-bond donors (Lipinski definition) is 0. The van der Waals surface area contributed by atoms with Gasteiger partial charge in [0.15, 0.2) is 0 Å². The van der Waals surface area contributed by atoms with Gasteiger partial charge in [0.25, 0.3) is 5.91 Å². The van der Waals surface area contributed by atoms with Crippen molar-refractivity contribution >= 4 is 5.91 Å². The van der Waals surface area contributed by atoms with Gasteiger partial charge < -0.3 is 18.8 Å². The van der Waals surface area contributed by atoms with E-state index in [9.17, 15) is 4.79 Å². The highest BCUT2D eigenvalue weighted by Gasteiger charge is 2.47. The van der Waals surface area contributed by atoms with Gasteiger partial charge in [-0.25, -0.2) is 4.98 Å². The summed E-state index contributed by atoms with van der Waals surface area (Å²) >= 11 is 0. The van der Waals surface area contributed by atoms with Gasteiger partial charge in [0, 0.05) is 39.0 Å². The molecule has 0 N–H and O–H groups in total. The minimum Gasteiger partial charge on any atom is -0.481 e. The highest BCUT2D eigenvalue weighted by atomic mass is 16.5. The largest absolute Gasteiger partial charge is 0.481 e. The number of piperidine rings is 1. The van der Waals surface area contributed by atoms with Gasteiger partial charge in [0.05, 0.1) is 18.7 Å². The summed E-state index contributed by atoms with van der Waals surface area (Å²) in [6.45, 7) is 2.77. The van der Waals surface area contributed by atoms with E-state index in [1.54, 1.807) is 32.5 Å². The standard InChI is InChI=1S/C20H27N5O4/c1-24-13-20(10-15(24)18-23-22-17(29-18)12-27-2)6-8-25(9-7-20)19(26)14-4-5-16(28-3)21-11-14/h4-5,11,15H,6-10,12-13H2,1-3H3. The fraction of sp³-hybridized carbons (Fsp3) is 0.600. The van der Waals surface area contributed by atoms with Crippen molar-refractivity contribution in [1.82, 2.24) is 25.0 Å². The minimum absolute atomic E-state index is 0.0269. The smallest absolute Gasteiger partial charge is 0.255 e. The molecule has 2 saturated heterocycles. The molecule has 2 aromatic heterocycles. The van der Waals surface area contributed by atoms with Gasteiger partial charge >= 0.3 is 0 Å². The van der Waals surface area contributed by atoms with E-state index in [0.29, 0.717) is 29.8 Å². The molecule has 4 rings (SSSR count). The first-order chi connectivity index (χ1) is 14.0. The predicted molar refractivity (Wildman–Crippen MR) is 103 cm³/mol. The second kappa shape index (κ2) is 8.08.